The van der Waals surface area contributed by atoms with Gasteiger partial charge in [0, 0.05) is 10.8 Å². The second-order valence-electron chi connectivity index (χ2n) is 8.63. The number of phenolic OH excluding ortho intramolecular Hbond substituents is 2. The molecule has 0 bridgehead atoms. The van der Waals surface area contributed by atoms with E-state index in [1.807, 2.05) is 6.07 Å². The molecular formula is C26H24O9. The second-order valence-corrected chi connectivity index (χ2v) is 8.63. The minimum Gasteiger partial charge on any atom is -0.507 e. The molecular weight excluding hydrogens is 456 g/mol. The Morgan fingerprint density at radius 3 is 2.03 bits per heavy atom. The number of fused-ring (bicyclic) bond motifs is 7. The maximum absolute atomic E-state index is 11.0. The van der Waals surface area contributed by atoms with Crippen LogP contribution in [0.3, 0.4) is 0 Å². The van der Waals surface area contributed by atoms with E-state index in [1.165, 1.54) is 18.2 Å². The van der Waals surface area contributed by atoms with E-state index in [2.05, 4.69) is 0 Å². The maximum Gasteiger partial charge on any atom is 0.147 e. The molecule has 0 amide bonds. The highest BCUT2D eigenvalue weighted by Gasteiger charge is 2.36. The number of hydrogen-bond acceptors (Lipinski definition) is 9. The number of furan rings is 1. The van der Waals surface area contributed by atoms with E-state index in [0.29, 0.717) is 32.7 Å². The molecule has 0 spiro atoms. The zero-order valence-corrected chi connectivity index (χ0v) is 18.3. The van der Waals surface area contributed by atoms with E-state index in [1.54, 1.807) is 30.3 Å². The molecule has 0 radical (unpaired) electrons. The fraction of sp³-hybridized carbons (Fsp3) is 0.231. The number of aromatic hydroxyl groups is 2. The summed E-state index contributed by atoms with van der Waals surface area (Å²) in [7, 11) is 0. The van der Waals surface area contributed by atoms with Crippen LogP contribution in [0.15, 0.2) is 59.0 Å². The van der Waals surface area contributed by atoms with Crippen molar-refractivity contribution in [3.05, 3.63) is 60.2 Å². The van der Waals surface area contributed by atoms with Crippen LogP contribution >= 0.6 is 0 Å². The van der Waals surface area contributed by atoms with E-state index < -0.39 is 37.1 Å². The van der Waals surface area contributed by atoms with Gasteiger partial charge in [-0.1, -0.05) is 30.3 Å². The number of aliphatic hydroxyl groups excluding tert-OH is 6. The first-order valence-electron chi connectivity index (χ1n) is 11.0. The van der Waals surface area contributed by atoms with Gasteiger partial charge in [-0.3, -0.25) is 0 Å². The lowest BCUT2D eigenvalue weighted by Crippen LogP contribution is -2.47. The quantitative estimate of drug-likeness (QED) is 0.180. The smallest absolute Gasteiger partial charge is 0.147 e. The molecule has 1 aromatic heterocycles. The van der Waals surface area contributed by atoms with Crippen molar-refractivity contribution in [2.75, 3.05) is 6.61 Å². The van der Waals surface area contributed by atoms with Crippen LogP contribution in [0.2, 0.25) is 0 Å². The summed E-state index contributed by atoms with van der Waals surface area (Å²) < 4.78 is 6.15. The van der Waals surface area contributed by atoms with Gasteiger partial charge in [-0.2, -0.15) is 0 Å². The molecule has 1 heterocycles. The van der Waals surface area contributed by atoms with Crippen molar-refractivity contribution in [3.63, 3.8) is 0 Å². The molecule has 0 saturated carbocycles. The standard InChI is InChI=1S/C26H24O9/c27-10-18(30)22(32)24(34)23(33)21(31)14-9-15-13-8-7-11-3-1-5-16(28)19(11)25(13)35-26(15)20-12(14)4-2-6-17(20)29/h1-9,18,21-24,27-34H,10H2. The molecule has 4 aromatic carbocycles. The molecule has 9 nitrogen and oxygen atoms in total. The number of benzene rings is 4. The highest BCUT2D eigenvalue weighted by Crippen LogP contribution is 2.44. The summed E-state index contributed by atoms with van der Waals surface area (Å²) in [6, 6.07) is 14.7. The summed E-state index contributed by atoms with van der Waals surface area (Å²) >= 11 is 0. The average Bonchev–Trinajstić information content (AvgIpc) is 3.24. The van der Waals surface area contributed by atoms with Crippen LogP contribution in [0, 0.1) is 0 Å². The number of hydrogen-bond donors (Lipinski definition) is 8. The van der Waals surface area contributed by atoms with Crippen LogP contribution < -0.4 is 0 Å². The van der Waals surface area contributed by atoms with Gasteiger partial charge in [-0.25, -0.2) is 0 Å². The topological polar surface area (TPSA) is 175 Å². The molecule has 5 atom stereocenters. The molecule has 0 aliphatic rings. The van der Waals surface area contributed by atoms with Crippen molar-refractivity contribution in [3.8, 4) is 11.5 Å². The van der Waals surface area contributed by atoms with Crippen LogP contribution in [0.1, 0.15) is 11.7 Å². The van der Waals surface area contributed by atoms with Gasteiger partial charge in [0.1, 0.15) is 53.2 Å². The van der Waals surface area contributed by atoms with Crippen molar-refractivity contribution in [1.29, 1.82) is 0 Å². The summed E-state index contributed by atoms with van der Waals surface area (Å²) in [5.41, 5.74) is 0.792. The summed E-state index contributed by atoms with van der Waals surface area (Å²) in [6.45, 7) is -0.856. The first-order valence-corrected chi connectivity index (χ1v) is 11.0. The normalized spacial score (nSPS) is 16.6. The first-order chi connectivity index (χ1) is 16.7. The van der Waals surface area contributed by atoms with E-state index >= 15 is 0 Å². The van der Waals surface area contributed by atoms with Gasteiger partial charge in [0.2, 0.25) is 0 Å². The molecule has 0 aliphatic carbocycles. The molecule has 35 heavy (non-hydrogen) atoms. The van der Waals surface area contributed by atoms with Crippen molar-refractivity contribution >= 4 is 43.5 Å². The predicted molar refractivity (Wildman–Crippen MR) is 128 cm³/mol. The van der Waals surface area contributed by atoms with Crippen LogP contribution in [0.4, 0.5) is 0 Å². The highest BCUT2D eigenvalue weighted by atomic mass is 16.4. The summed E-state index contributed by atoms with van der Waals surface area (Å²) in [6.07, 6.45) is -9.33. The lowest BCUT2D eigenvalue weighted by molar-refractivity contribution is -0.140. The Bertz CT molecular complexity index is 1560. The lowest BCUT2D eigenvalue weighted by Gasteiger charge is -2.29. The van der Waals surface area contributed by atoms with Gasteiger partial charge in [-0.15, -0.1) is 0 Å². The van der Waals surface area contributed by atoms with E-state index in [0.717, 1.165) is 5.39 Å². The van der Waals surface area contributed by atoms with E-state index in [9.17, 15) is 35.7 Å². The first kappa shape index (κ1) is 23.3. The van der Waals surface area contributed by atoms with Gasteiger partial charge in [0.05, 0.1) is 17.4 Å². The lowest BCUT2D eigenvalue weighted by atomic mass is 9.90. The van der Waals surface area contributed by atoms with Gasteiger partial charge in [-0.05, 0) is 40.6 Å². The average molecular weight is 480 g/mol. The Balaban J connectivity index is 1.78. The summed E-state index contributed by atoms with van der Waals surface area (Å²) in [4.78, 5) is 0. The Hall–Kier alpha value is -3.44. The third-order valence-corrected chi connectivity index (χ3v) is 6.52. The Morgan fingerprint density at radius 2 is 1.31 bits per heavy atom. The molecule has 8 N–H and O–H groups in total. The van der Waals surface area contributed by atoms with Crippen molar-refractivity contribution in [2.45, 2.75) is 30.5 Å². The van der Waals surface area contributed by atoms with E-state index in [4.69, 9.17) is 9.52 Å². The SMILES string of the molecule is OCC(O)C(O)C(O)C(O)C(O)c1cc2c3ccc4cccc(O)c4c3oc2c2c(O)cccc12. The second kappa shape index (κ2) is 8.65. The Kier molecular flexibility index (Phi) is 5.76. The summed E-state index contributed by atoms with van der Waals surface area (Å²) in [5.74, 6) is -0.143. The molecule has 0 saturated heterocycles. The summed E-state index contributed by atoms with van der Waals surface area (Å²) in [5, 5.41) is 84.7. The molecule has 182 valence electrons. The molecule has 0 fully saturated rings. The number of rotatable bonds is 6. The zero-order chi connectivity index (χ0) is 25.0. The fourth-order valence-corrected chi connectivity index (χ4v) is 4.66. The van der Waals surface area contributed by atoms with Crippen molar-refractivity contribution in [2.24, 2.45) is 0 Å². The number of aliphatic hydroxyl groups is 6. The number of phenols is 2. The molecule has 5 rings (SSSR count). The van der Waals surface area contributed by atoms with Crippen LogP contribution in [-0.2, 0) is 0 Å². The minimum absolute atomic E-state index is 0.0101. The minimum atomic E-state index is -1.99. The van der Waals surface area contributed by atoms with Gasteiger partial charge in [0.25, 0.3) is 0 Å². The molecule has 5 unspecified atom stereocenters. The van der Waals surface area contributed by atoms with Crippen LogP contribution in [0.25, 0.3) is 43.5 Å². The monoisotopic (exact) mass is 480 g/mol. The van der Waals surface area contributed by atoms with Gasteiger partial charge < -0.3 is 45.3 Å². The zero-order valence-electron chi connectivity index (χ0n) is 18.3. The molecule has 5 aromatic rings. The predicted octanol–water partition coefficient (Wildman–Crippen LogP) is 1.77. The highest BCUT2D eigenvalue weighted by molar-refractivity contribution is 6.22. The Labute approximate surface area is 197 Å². The van der Waals surface area contributed by atoms with Gasteiger partial charge in [0.15, 0.2) is 0 Å². The molecule has 0 aliphatic heterocycles. The largest absolute Gasteiger partial charge is 0.507 e. The van der Waals surface area contributed by atoms with Crippen molar-refractivity contribution < 1.29 is 45.3 Å². The van der Waals surface area contributed by atoms with Gasteiger partial charge >= 0.3 is 0 Å². The van der Waals surface area contributed by atoms with Crippen LogP contribution in [-0.4, -0.2) is 71.9 Å². The van der Waals surface area contributed by atoms with E-state index in [-0.39, 0.29) is 22.4 Å². The maximum atomic E-state index is 11.0. The third kappa shape index (κ3) is 3.57. The fourth-order valence-electron chi connectivity index (χ4n) is 4.66. The Morgan fingerprint density at radius 1 is 0.657 bits per heavy atom. The van der Waals surface area contributed by atoms with Crippen molar-refractivity contribution in [1.82, 2.24) is 0 Å². The third-order valence-electron chi connectivity index (χ3n) is 6.52. The molecule has 9 heteroatoms. The van der Waals surface area contributed by atoms with Crippen LogP contribution in [0.5, 0.6) is 11.5 Å².